The lowest BCUT2D eigenvalue weighted by atomic mass is 10.1. The summed E-state index contributed by atoms with van der Waals surface area (Å²) in [6, 6.07) is 8.56. The lowest BCUT2D eigenvalue weighted by Crippen LogP contribution is -2.30. The minimum atomic E-state index is 0.588. The van der Waals surface area contributed by atoms with E-state index >= 15 is 0 Å². The summed E-state index contributed by atoms with van der Waals surface area (Å²) >= 11 is 3.41. The molecule has 0 fully saturated rings. The van der Waals surface area contributed by atoms with Gasteiger partial charge in [-0.05, 0) is 37.6 Å². The molecule has 0 heterocycles. The van der Waals surface area contributed by atoms with Gasteiger partial charge in [0.15, 0.2) is 0 Å². The molecule has 0 saturated heterocycles. The van der Waals surface area contributed by atoms with Crippen LogP contribution in [0.1, 0.15) is 46.0 Å². The minimum Gasteiger partial charge on any atom is -0.492 e. The Hall–Kier alpha value is -0.540. The van der Waals surface area contributed by atoms with Crippen LogP contribution in [0.25, 0.3) is 0 Å². The van der Waals surface area contributed by atoms with Crippen LogP contribution in [-0.2, 0) is 0 Å². The van der Waals surface area contributed by atoms with E-state index in [-0.39, 0.29) is 0 Å². The van der Waals surface area contributed by atoms with E-state index in [1.807, 2.05) is 24.3 Å². The van der Waals surface area contributed by atoms with Crippen LogP contribution >= 0.6 is 15.9 Å². The molecule has 0 saturated carbocycles. The van der Waals surface area contributed by atoms with Crippen LogP contribution in [0.2, 0.25) is 0 Å². The Balaban J connectivity index is 2.02. The van der Waals surface area contributed by atoms with E-state index in [9.17, 15) is 0 Å². The van der Waals surface area contributed by atoms with E-state index in [1.165, 1.54) is 32.1 Å². The first-order valence-corrected chi connectivity index (χ1v) is 8.13. The Morgan fingerprint density at radius 1 is 1.16 bits per heavy atom. The maximum atomic E-state index is 5.67. The van der Waals surface area contributed by atoms with Gasteiger partial charge in [0.2, 0.25) is 0 Å². The molecule has 0 radical (unpaired) electrons. The maximum Gasteiger partial charge on any atom is 0.119 e. The van der Waals surface area contributed by atoms with Gasteiger partial charge < -0.3 is 10.1 Å². The Labute approximate surface area is 126 Å². The van der Waals surface area contributed by atoms with Gasteiger partial charge in [0.1, 0.15) is 12.4 Å². The topological polar surface area (TPSA) is 21.3 Å². The number of benzene rings is 1. The molecule has 3 heteroatoms. The number of unbranched alkanes of at least 4 members (excludes halogenated alkanes) is 3. The standard InChI is InChI=1S/C16H26BrNO/c1-3-4-5-6-7-14(2)18-12-13-19-16-10-8-15(17)9-11-16/h8-11,14,18H,3-7,12-13H2,1-2H3. The van der Waals surface area contributed by atoms with Gasteiger partial charge in [-0.2, -0.15) is 0 Å². The first-order valence-electron chi connectivity index (χ1n) is 7.34. The van der Waals surface area contributed by atoms with Crippen LogP contribution in [0.3, 0.4) is 0 Å². The van der Waals surface area contributed by atoms with Gasteiger partial charge in [-0.15, -0.1) is 0 Å². The van der Waals surface area contributed by atoms with E-state index in [2.05, 4.69) is 35.1 Å². The second kappa shape index (κ2) is 10.3. The van der Waals surface area contributed by atoms with Crippen LogP contribution in [0.4, 0.5) is 0 Å². The molecule has 0 bridgehead atoms. The van der Waals surface area contributed by atoms with Crippen molar-refractivity contribution in [2.45, 2.75) is 52.0 Å². The Kier molecular flexibility index (Phi) is 8.93. The third-order valence-electron chi connectivity index (χ3n) is 3.17. The summed E-state index contributed by atoms with van der Waals surface area (Å²) in [5.41, 5.74) is 0. The molecule has 1 atom stereocenters. The molecular weight excluding hydrogens is 302 g/mol. The lowest BCUT2D eigenvalue weighted by molar-refractivity contribution is 0.304. The monoisotopic (exact) mass is 327 g/mol. The predicted octanol–water partition coefficient (Wildman–Crippen LogP) is 4.78. The fourth-order valence-electron chi connectivity index (χ4n) is 1.98. The first-order chi connectivity index (χ1) is 9.22. The van der Waals surface area contributed by atoms with Crippen LogP contribution in [0.15, 0.2) is 28.7 Å². The number of hydrogen-bond acceptors (Lipinski definition) is 2. The zero-order chi connectivity index (χ0) is 13.9. The Morgan fingerprint density at radius 2 is 1.89 bits per heavy atom. The molecule has 2 nitrogen and oxygen atoms in total. The fraction of sp³-hybridized carbons (Fsp3) is 0.625. The summed E-state index contributed by atoms with van der Waals surface area (Å²) in [5.74, 6) is 0.931. The van der Waals surface area contributed by atoms with Crippen molar-refractivity contribution in [1.82, 2.24) is 5.32 Å². The zero-order valence-corrected chi connectivity index (χ0v) is 13.7. The molecule has 1 unspecified atom stereocenters. The van der Waals surface area contributed by atoms with Crippen LogP contribution < -0.4 is 10.1 Å². The summed E-state index contributed by atoms with van der Waals surface area (Å²) in [4.78, 5) is 0. The largest absolute Gasteiger partial charge is 0.492 e. The molecule has 0 aliphatic carbocycles. The van der Waals surface area contributed by atoms with Crippen molar-refractivity contribution in [2.24, 2.45) is 0 Å². The van der Waals surface area contributed by atoms with Crippen molar-refractivity contribution in [3.8, 4) is 5.75 Å². The van der Waals surface area contributed by atoms with E-state index < -0.39 is 0 Å². The highest BCUT2D eigenvalue weighted by Gasteiger charge is 2.00. The average molecular weight is 328 g/mol. The second-order valence-electron chi connectivity index (χ2n) is 5.01. The van der Waals surface area contributed by atoms with E-state index in [1.54, 1.807) is 0 Å². The van der Waals surface area contributed by atoms with Gasteiger partial charge in [-0.1, -0.05) is 48.5 Å². The minimum absolute atomic E-state index is 0.588. The number of halogens is 1. The molecular formula is C16H26BrNO. The maximum absolute atomic E-state index is 5.67. The summed E-state index contributed by atoms with van der Waals surface area (Å²) in [6.45, 7) is 6.14. The van der Waals surface area contributed by atoms with Gasteiger partial charge in [0, 0.05) is 17.1 Å². The highest BCUT2D eigenvalue weighted by Crippen LogP contribution is 2.15. The van der Waals surface area contributed by atoms with Crippen molar-refractivity contribution < 1.29 is 4.74 Å². The van der Waals surface area contributed by atoms with Crippen molar-refractivity contribution in [3.05, 3.63) is 28.7 Å². The van der Waals surface area contributed by atoms with Gasteiger partial charge in [-0.3, -0.25) is 0 Å². The summed E-state index contributed by atoms with van der Waals surface area (Å²) < 4.78 is 6.75. The van der Waals surface area contributed by atoms with E-state index in [0.717, 1.165) is 23.4 Å². The number of ether oxygens (including phenoxy) is 1. The van der Waals surface area contributed by atoms with Crippen molar-refractivity contribution in [3.63, 3.8) is 0 Å². The van der Waals surface area contributed by atoms with Crippen LogP contribution in [0, 0.1) is 0 Å². The average Bonchev–Trinajstić information content (AvgIpc) is 2.42. The molecule has 0 amide bonds. The lowest BCUT2D eigenvalue weighted by Gasteiger charge is -2.14. The fourth-order valence-corrected chi connectivity index (χ4v) is 2.25. The Bertz CT molecular complexity index is 326. The van der Waals surface area contributed by atoms with Crippen molar-refractivity contribution >= 4 is 15.9 Å². The van der Waals surface area contributed by atoms with Gasteiger partial charge in [0.25, 0.3) is 0 Å². The molecule has 1 N–H and O–H groups in total. The number of nitrogens with one attached hydrogen (secondary N) is 1. The quantitative estimate of drug-likeness (QED) is 0.624. The molecule has 0 aliphatic heterocycles. The number of hydrogen-bond donors (Lipinski definition) is 1. The first kappa shape index (κ1) is 16.5. The van der Waals surface area contributed by atoms with Crippen LogP contribution in [-0.4, -0.2) is 19.2 Å². The van der Waals surface area contributed by atoms with Crippen LogP contribution in [0.5, 0.6) is 5.75 Å². The highest BCUT2D eigenvalue weighted by molar-refractivity contribution is 9.10. The summed E-state index contributed by atoms with van der Waals surface area (Å²) in [5, 5.41) is 3.51. The molecule has 1 aromatic rings. The third-order valence-corrected chi connectivity index (χ3v) is 3.70. The van der Waals surface area contributed by atoms with Crippen molar-refractivity contribution in [2.75, 3.05) is 13.2 Å². The third kappa shape index (κ3) is 8.27. The Morgan fingerprint density at radius 3 is 2.58 bits per heavy atom. The summed E-state index contributed by atoms with van der Waals surface area (Å²) in [7, 11) is 0. The smallest absolute Gasteiger partial charge is 0.119 e. The molecule has 0 aromatic heterocycles. The number of rotatable bonds is 10. The van der Waals surface area contributed by atoms with Crippen molar-refractivity contribution in [1.29, 1.82) is 0 Å². The van der Waals surface area contributed by atoms with E-state index in [0.29, 0.717) is 6.04 Å². The molecule has 0 aliphatic rings. The molecule has 19 heavy (non-hydrogen) atoms. The molecule has 1 rings (SSSR count). The van der Waals surface area contributed by atoms with Gasteiger partial charge >= 0.3 is 0 Å². The predicted molar refractivity (Wildman–Crippen MR) is 85.9 cm³/mol. The zero-order valence-electron chi connectivity index (χ0n) is 12.1. The second-order valence-corrected chi connectivity index (χ2v) is 5.92. The normalized spacial score (nSPS) is 12.4. The summed E-state index contributed by atoms with van der Waals surface area (Å²) in [6.07, 6.45) is 6.62. The molecule has 1 aromatic carbocycles. The van der Waals surface area contributed by atoms with Gasteiger partial charge in [-0.25, -0.2) is 0 Å². The molecule has 0 spiro atoms. The molecule has 108 valence electrons. The van der Waals surface area contributed by atoms with Gasteiger partial charge in [0.05, 0.1) is 0 Å². The highest BCUT2D eigenvalue weighted by atomic mass is 79.9. The van der Waals surface area contributed by atoms with E-state index in [4.69, 9.17) is 4.74 Å². The SMILES string of the molecule is CCCCCCC(C)NCCOc1ccc(Br)cc1.